The fourth-order valence-corrected chi connectivity index (χ4v) is 5.63. The van der Waals surface area contributed by atoms with Crippen molar-refractivity contribution in [2.75, 3.05) is 19.8 Å². The van der Waals surface area contributed by atoms with Crippen molar-refractivity contribution in [1.82, 2.24) is 0 Å². The molecule has 2 aliphatic rings. The lowest BCUT2D eigenvalue weighted by Crippen LogP contribution is -2.55. The topological polar surface area (TPSA) is 236 Å². The summed E-state index contributed by atoms with van der Waals surface area (Å²) in [5.41, 5.74) is 9.25. The highest BCUT2D eigenvalue weighted by atomic mass is 35.5. The van der Waals surface area contributed by atoms with Crippen LogP contribution in [0, 0.1) is 0 Å². The Balaban J connectivity index is 0.000000573. The number of carboxylic acid groups (broad SMARTS) is 2. The molecule has 3 aromatic carbocycles. The number of rotatable bonds is 13. The van der Waals surface area contributed by atoms with Crippen LogP contribution in [0.4, 0.5) is 0 Å². The molecule has 2 fully saturated rings. The molecule has 0 unspecified atom stereocenters. The molecule has 2 saturated heterocycles. The molecular weight excluding hydrogens is 690 g/mol. The van der Waals surface area contributed by atoms with E-state index in [4.69, 9.17) is 51.6 Å². The smallest absolute Gasteiger partial charge is 0.333 e. The van der Waals surface area contributed by atoms with E-state index in [0.29, 0.717) is 30.2 Å². The number of carboxylic acids is 2. The van der Waals surface area contributed by atoms with Crippen LogP contribution in [0.15, 0.2) is 72.8 Å². The van der Waals surface area contributed by atoms with Crippen LogP contribution in [-0.4, -0.2) is 111 Å². The first-order valence-electron chi connectivity index (χ1n) is 16.2. The quantitative estimate of drug-likeness (QED) is 0.124. The highest BCUT2D eigenvalue weighted by Crippen LogP contribution is 2.35. The third-order valence-electron chi connectivity index (χ3n) is 8.26. The van der Waals surface area contributed by atoms with Crippen LogP contribution in [0.2, 0.25) is 5.02 Å². The van der Waals surface area contributed by atoms with Gasteiger partial charge in [-0.1, -0.05) is 66.2 Å². The maximum absolute atomic E-state index is 12.5. The number of aliphatic hydroxyl groups excluding tert-OH is 4. The number of aliphatic carboxylic acids is 2. The summed E-state index contributed by atoms with van der Waals surface area (Å²) in [4.78, 5) is 31.9. The summed E-state index contributed by atoms with van der Waals surface area (Å²) in [6, 6.07) is 21.4. The van der Waals surface area contributed by atoms with Crippen LogP contribution in [0.3, 0.4) is 0 Å². The Kier molecular flexibility index (Phi) is 14.7. The number of hydrogen-bond acceptors (Lipinski definition) is 12. The number of aliphatic hydroxyl groups is 4. The molecule has 0 amide bonds. The largest absolute Gasteiger partial charge is 0.488 e. The van der Waals surface area contributed by atoms with Crippen molar-refractivity contribution in [3.8, 4) is 5.75 Å². The van der Waals surface area contributed by atoms with Gasteiger partial charge >= 0.3 is 17.9 Å². The normalized spacial score (nSPS) is 24.0. The number of halogens is 1. The van der Waals surface area contributed by atoms with Crippen LogP contribution < -0.4 is 10.5 Å². The van der Waals surface area contributed by atoms with Crippen molar-refractivity contribution in [3.05, 3.63) is 100 Å². The molecule has 0 saturated carbocycles. The number of ether oxygens (including phenoxy) is 4. The van der Waals surface area contributed by atoms with E-state index in [1.807, 2.05) is 54.6 Å². The van der Waals surface area contributed by atoms with Crippen molar-refractivity contribution < 1.29 is 64.0 Å². The van der Waals surface area contributed by atoms with Gasteiger partial charge in [0.1, 0.15) is 55.0 Å². The van der Waals surface area contributed by atoms with E-state index in [2.05, 4.69) is 0 Å². The van der Waals surface area contributed by atoms with Crippen molar-refractivity contribution in [2.45, 2.75) is 74.5 Å². The zero-order chi connectivity index (χ0) is 37.1. The molecule has 0 aromatic heterocycles. The van der Waals surface area contributed by atoms with Crippen LogP contribution in [0.25, 0.3) is 0 Å². The lowest BCUT2D eigenvalue weighted by atomic mass is 9.90. The molecule has 8 N–H and O–H groups in total. The minimum absolute atomic E-state index is 0.0659. The molecule has 15 heteroatoms. The first-order valence-corrected chi connectivity index (χ1v) is 16.6. The van der Waals surface area contributed by atoms with Gasteiger partial charge in [-0.25, -0.2) is 4.79 Å². The van der Waals surface area contributed by atoms with Gasteiger partial charge in [-0.2, -0.15) is 0 Å². The summed E-state index contributed by atoms with van der Waals surface area (Å²) in [5, 5.41) is 56.6. The third-order valence-corrected chi connectivity index (χ3v) is 8.63. The van der Waals surface area contributed by atoms with E-state index in [1.54, 1.807) is 18.2 Å². The van der Waals surface area contributed by atoms with E-state index < -0.39 is 67.0 Å². The third kappa shape index (κ3) is 11.7. The van der Waals surface area contributed by atoms with Crippen molar-refractivity contribution in [2.24, 2.45) is 5.73 Å². The number of nitrogens with two attached hydrogens (primary N) is 1. The predicted molar refractivity (Wildman–Crippen MR) is 181 cm³/mol. The Labute approximate surface area is 298 Å². The van der Waals surface area contributed by atoms with Crippen molar-refractivity contribution in [1.29, 1.82) is 0 Å². The molecule has 0 radical (unpaired) electrons. The lowest BCUT2D eigenvalue weighted by molar-refractivity contribution is -0.234. The van der Waals surface area contributed by atoms with Gasteiger partial charge in [0.15, 0.2) is 6.10 Å². The number of hydrogen-bond donors (Lipinski definition) is 7. The molecular formula is C36H42ClNO13. The van der Waals surface area contributed by atoms with Crippen molar-refractivity contribution in [3.63, 3.8) is 0 Å². The second-order valence-electron chi connectivity index (χ2n) is 12.2. The van der Waals surface area contributed by atoms with E-state index >= 15 is 0 Å². The van der Waals surface area contributed by atoms with E-state index in [1.165, 1.54) is 0 Å². The predicted octanol–water partition coefficient (Wildman–Crippen LogP) is 1.64. The molecule has 5 rings (SSSR count). The van der Waals surface area contributed by atoms with Gasteiger partial charge in [0.2, 0.25) is 0 Å². The number of carbonyl (C=O) groups is 3. The fourth-order valence-electron chi connectivity index (χ4n) is 5.45. The molecule has 14 nitrogen and oxygen atoms in total. The molecule has 0 aliphatic carbocycles. The molecule has 8 atom stereocenters. The summed E-state index contributed by atoms with van der Waals surface area (Å²) in [7, 11) is 0. The van der Waals surface area contributed by atoms with Crippen LogP contribution in [0.5, 0.6) is 5.75 Å². The summed E-state index contributed by atoms with van der Waals surface area (Å²) >= 11 is 6.52. The summed E-state index contributed by atoms with van der Waals surface area (Å²) in [6.45, 7) is 0.961. The van der Waals surface area contributed by atoms with Crippen molar-refractivity contribution >= 4 is 29.5 Å². The Morgan fingerprint density at radius 3 is 2.24 bits per heavy atom. The second-order valence-corrected chi connectivity index (χ2v) is 12.6. The van der Waals surface area contributed by atoms with Gasteiger partial charge in [-0.3, -0.25) is 9.59 Å². The second kappa shape index (κ2) is 18.9. The highest BCUT2D eigenvalue weighted by molar-refractivity contribution is 6.31. The maximum atomic E-state index is 12.5. The van der Waals surface area contributed by atoms with Gasteiger partial charge in [0.05, 0.1) is 19.6 Å². The molecule has 2 heterocycles. The molecule has 0 bridgehead atoms. The fraction of sp³-hybridized carbons (Fsp3) is 0.417. The Bertz CT molecular complexity index is 1590. The zero-order valence-electron chi connectivity index (χ0n) is 27.5. The number of carbonyl (C=O) groups excluding carboxylic acids is 1. The number of benzene rings is 3. The lowest BCUT2D eigenvalue weighted by Gasteiger charge is -2.40. The minimum atomic E-state index is -1.79. The summed E-state index contributed by atoms with van der Waals surface area (Å²) < 4.78 is 22.6. The Morgan fingerprint density at radius 1 is 0.922 bits per heavy atom. The minimum Gasteiger partial charge on any atom is -0.488 e. The maximum Gasteiger partial charge on any atom is 0.333 e. The summed E-state index contributed by atoms with van der Waals surface area (Å²) in [5.74, 6) is -2.73. The van der Waals surface area contributed by atoms with E-state index in [-0.39, 0.29) is 19.1 Å². The Hall–Kier alpha value is -4.12. The molecule has 0 spiro atoms. The zero-order valence-corrected chi connectivity index (χ0v) is 28.2. The van der Waals surface area contributed by atoms with Crippen LogP contribution in [-0.2, 0) is 41.4 Å². The van der Waals surface area contributed by atoms with Gasteiger partial charge < -0.3 is 55.3 Å². The summed E-state index contributed by atoms with van der Waals surface area (Å²) in [6.07, 6.45) is -7.31. The Morgan fingerprint density at radius 2 is 1.63 bits per heavy atom. The molecule has 51 heavy (non-hydrogen) atoms. The standard InChI is InChI=1S/C32H36ClNO8.C4H6O5/c33-25-11-8-21(16-22(25)14-20-6-9-23(10-7-20)41-24-12-13-39-17-24)31-30(37)29(36)28(35)27(42-31)18-40-32(38)26(34)15-19-4-2-1-3-5-19;5-2(4(8)9)1-3(6)7/h1-11,16,24,26-31,35-37H,12-15,17-18,34H2;2,5H,1H2,(H,6,7)(H,8,9)/t24-,26-,27+,28+,29-,30+,31-;2-/m00/s1. The van der Waals surface area contributed by atoms with E-state index in [0.717, 1.165) is 28.9 Å². The van der Waals surface area contributed by atoms with Gasteiger partial charge in [0, 0.05) is 11.4 Å². The van der Waals surface area contributed by atoms with Crippen LogP contribution in [0.1, 0.15) is 41.2 Å². The first-order chi connectivity index (χ1) is 24.3. The van der Waals surface area contributed by atoms with E-state index in [9.17, 15) is 29.7 Å². The SMILES string of the molecule is N[C@@H](Cc1ccccc1)C(=O)OC[C@H]1O[C@@H](c2ccc(Cl)c(Cc3ccc(O[C@H]4CCOC4)cc3)c2)[C@H](O)[C@@H](O)[C@@H]1O.O=C(O)C[C@H](O)C(=O)O. The van der Waals surface area contributed by atoms with Gasteiger partial charge in [-0.05, 0) is 53.3 Å². The average molecular weight is 732 g/mol. The van der Waals surface area contributed by atoms with Crippen LogP contribution >= 0.6 is 11.6 Å². The first kappa shape index (κ1) is 39.7. The molecule has 276 valence electrons. The molecule has 2 aliphatic heterocycles. The monoisotopic (exact) mass is 731 g/mol. The highest BCUT2D eigenvalue weighted by Gasteiger charge is 2.45. The average Bonchev–Trinajstić information content (AvgIpc) is 3.62. The number of esters is 1. The molecule has 3 aromatic rings. The van der Waals surface area contributed by atoms with Gasteiger partial charge in [-0.15, -0.1) is 0 Å². The van der Waals surface area contributed by atoms with Gasteiger partial charge in [0.25, 0.3) is 0 Å².